The van der Waals surface area contributed by atoms with Gasteiger partial charge in [0.05, 0.1) is 12.7 Å². The molecule has 1 heterocycles. The molecule has 0 spiro atoms. The van der Waals surface area contributed by atoms with Gasteiger partial charge < -0.3 is 9.53 Å². The van der Waals surface area contributed by atoms with Crippen LogP contribution in [0.2, 0.25) is 5.04 Å². The van der Waals surface area contributed by atoms with Gasteiger partial charge in [0, 0.05) is 12.6 Å². The average Bonchev–Trinajstić information content (AvgIpc) is 2.99. The van der Waals surface area contributed by atoms with E-state index in [9.17, 15) is 5.11 Å². The lowest BCUT2D eigenvalue weighted by Gasteiger charge is -2.44. The predicted molar refractivity (Wildman–Crippen MR) is 111 cm³/mol. The molecule has 3 nitrogen and oxygen atoms in total. The Kier molecular flexibility index (Phi) is 5.68. The Bertz CT molecular complexity index is 660. The van der Waals surface area contributed by atoms with Gasteiger partial charge in [-0.05, 0) is 28.9 Å². The van der Waals surface area contributed by atoms with Crippen LogP contribution in [0.3, 0.4) is 0 Å². The highest BCUT2D eigenvalue weighted by Gasteiger charge is 2.52. The quantitative estimate of drug-likeness (QED) is 0.823. The molecule has 0 aromatic heterocycles. The molecule has 0 radical (unpaired) electrons. The number of hydrogen-bond acceptors (Lipinski definition) is 3. The van der Waals surface area contributed by atoms with Crippen molar-refractivity contribution in [2.24, 2.45) is 0 Å². The second-order valence-corrected chi connectivity index (χ2v) is 12.7. The van der Waals surface area contributed by atoms with Crippen LogP contribution in [-0.4, -0.2) is 50.7 Å². The topological polar surface area (TPSA) is 32.7 Å². The van der Waals surface area contributed by atoms with Crippen molar-refractivity contribution in [3.05, 3.63) is 60.7 Å². The number of hydrogen-bond donors (Lipinski definition) is 1. The molecule has 0 aliphatic carbocycles. The number of nitrogens with zero attached hydrogens (tertiary/aromatic N) is 1. The molecule has 2 aromatic rings. The molecular weight excluding hydrogens is 338 g/mol. The Balaban J connectivity index is 2.09. The van der Waals surface area contributed by atoms with Gasteiger partial charge in [0.15, 0.2) is 0 Å². The molecule has 1 saturated heterocycles. The lowest BCUT2D eigenvalue weighted by atomic mass is 10.2. The SMILES string of the molecule is CN1C[C@@H](O[Si](c2ccccc2)(c2ccccc2)C(C)(C)C)C[C@@H]1CO. The zero-order valence-electron chi connectivity index (χ0n) is 16.4. The van der Waals surface area contributed by atoms with E-state index >= 15 is 0 Å². The lowest BCUT2D eigenvalue weighted by molar-refractivity contribution is 0.181. The van der Waals surface area contributed by atoms with Gasteiger partial charge in [0.1, 0.15) is 0 Å². The summed E-state index contributed by atoms with van der Waals surface area (Å²) < 4.78 is 7.12. The first-order chi connectivity index (χ1) is 12.4. The third-order valence-corrected chi connectivity index (χ3v) is 10.7. The van der Waals surface area contributed by atoms with E-state index in [-0.39, 0.29) is 23.8 Å². The van der Waals surface area contributed by atoms with Crippen molar-refractivity contribution in [3.8, 4) is 0 Å². The molecule has 2 aromatic carbocycles. The molecule has 0 amide bonds. The van der Waals surface area contributed by atoms with Gasteiger partial charge in [-0.2, -0.15) is 0 Å². The van der Waals surface area contributed by atoms with Gasteiger partial charge in [0.25, 0.3) is 8.32 Å². The van der Waals surface area contributed by atoms with Gasteiger partial charge in [-0.25, -0.2) is 0 Å². The van der Waals surface area contributed by atoms with Crippen LogP contribution in [0, 0.1) is 0 Å². The summed E-state index contributed by atoms with van der Waals surface area (Å²) in [5.41, 5.74) is 0. The standard InChI is InChI=1S/C22H31NO2Si/c1-22(2,3)26(20-11-7-5-8-12-20,21-13-9-6-10-14-21)25-19-15-18(17-24)23(4)16-19/h5-14,18-19,24H,15-17H2,1-4H3/t18-,19+/m1/s1. The van der Waals surface area contributed by atoms with E-state index in [1.807, 2.05) is 0 Å². The minimum absolute atomic E-state index is 0.00835. The summed E-state index contributed by atoms with van der Waals surface area (Å²) in [7, 11) is -0.416. The second-order valence-electron chi connectivity index (χ2n) is 8.41. The fourth-order valence-corrected chi connectivity index (χ4v) is 8.95. The number of rotatable bonds is 5. The highest BCUT2D eigenvalue weighted by atomic mass is 28.4. The summed E-state index contributed by atoms with van der Waals surface area (Å²) in [6, 6.07) is 21.7. The maximum Gasteiger partial charge on any atom is 0.261 e. The number of benzene rings is 2. The first kappa shape index (κ1) is 19.3. The number of likely N-dealkylation sites (N-methyl/N-ethyl adjacent to an activating group) is 1. The Morgan fingerprint density at radius 3 is 1.88 bits per heavy atom. The third-order valence-electron chi connectivity index (χ3n) is 5.62. The van der Waals surface area contributed by atoms with Crippen LogP contribution in [0.5, 0.6) is 0 Å². The second kappa shape index (κ2) is 7.65. The van der Waals surface area contributed by atoms with Crippen molar-refractivity contribution in [3.63, 3.8) is 0 Å². The summed E-state index contributed by atoms with van der Waals surface area (Å²) in [5, 5.41) is 12.3. The van der Waals surface area contributed by atoms with Crippen LogP contribution in [0.4, 0.5) is 0 Å². The Morgan fingerprint density at radius 2 is 1.50 bits per heavy atom. The van der Waals surface area contributed by atoms with Gasteiger partial charge in [-0.3, -0.25) is 4.90 Å². The van der Waals surface area contributed by atoms with Crippen LogP contribution in [-0.2, 0) is 4.43 Å². The molecule has 0 bridgehead atoms. The maximum absolute atomic E-state index is 9.66. The van der Waals surface area contributed by atoms with E-state index in [1.54, 1.807) is 0 Å². The molecule has 1 N–H and O–H groups in total. The molecular formula is C22H31NO2Si. The number of aliphatic hydroxyl groups is 1. The molecule has 0 saturated carbocycles. The summed E-state index contributed by atoms with van der Waals surface area (Å²) in [5.74, 6) is 0. The molecule has 4 heteroatoms. The van der Waals surface area contributed by atoms with Gasteiger partial charge >= 0.3 is 0 Å². The van der Waals surface area contributed by atoms with Crippen molar-refractivity contribution in [1.29, 1.82) is 0 Å². The zero-order chi connectivity index (χ0) is 18.8. The van der Waals surface area contributed by atoms with E-state index in [2.05, 4.69) is 93.4 Å². The van der Waals surface area contributed by atoms with E-state index in [0.29, 0.717) is 0 Å². The van der Waals surface area contributed by atoms with Crippen LogP contribution in [0.25, 0.3) is 0 Å². The maximum atomic E-state index is 9.66. The molecule has 26 heavy (non-hydrogen) atoms. The first-order valence-corrected chi connectivity index (χ1v) is 11.4. The summed E-state index contributed by atoms with van der Waals surface area (Å²) in [4.78, 5) is 2.22. The molecule has 1 aliphatic rings. The summed E-state index contributed by atoms with van der Waals surface area (Å²) >= 11 is 0. The highest BCUT2D eigenvalue weighted by molar-refractivity contribution is 6.99. The van der Waals surface area contributed by atoms with Crippen molar-refractivity contribution in [2.75, 3.05) is 20.2 Å². The minimum Gasteiger partial charge on any atom is -0.403 e. The number of aliphatic hydroxyl groups excluding tert-OH is 1. The van der Waals surface area contributed by atoms with Gasteiger partial charge in [0.2, 0.25) is 0 Å². The summed E-state index contributed by atoms with van der Waals surface area (Å²) in [6.07, 6.45) is 1.03. The van der Waals surface area contributed by atoms with E-state index < -0.39 is 8.32 Å². The van der Waals surface area contributed by atoms with Crippen molar-refractivity contribution in [1.82, 2.24) is 4.90 Å². The van der Waals surface area contributed by atoms with Crippen molar-refractivity contribution < 1.29 is 9.53 Å². The van der Waals surface area contributed by atoms with Crippen LogP contribution >= 0.6 is 0 Å². The highest BCUT2D eigenvalue weighted by Crippen LogP contribution is 2.38. The average molecular weight is 370 g/mol. The monoisotopic (exact) mass is 369 g/mol. The lowest BCUT2D eigenvalue weighted by Crippen LogP contribution is -2.67. The molecule has 140 valence electrons. The predicted octanol–water partition coefficient (Wildman–Crippen LogP) is 2.63. The largest absolute Gasteiger partial charge is 0.403 e. The molecule has 0 unspecified atom stereocenters. The zero-order valence-corrected chi connectivity index (χ0v) is 17.4. The molecule has 1 fully saturated rings. The number of likely N-dealkylation sites (tertiary alicyclic amines) is 1. The minimum atomic E-state index is -2.49. The Labute approximate surface area is 158 Å². The summed E-state index contributed by atoms with van der Waals surface area (Å²) in [6.45, 7) is 7.98. The smallest absolute Gasteiger partial charge is 0.261 e. The van der Waals surface area contributed by atoms with Crippen LogP contribution < -0.4 is 10.4 Å². The fraction of sp³-hybridized carbons (Fsp3) is 0.455. The normalized spacial score (nSPS) is 21.9. The van der Waals surface area contributed by atoms with E-state index in [1.165, 1.54) is 10.4 Å². The van der Waals surface area contributed by atoms with Crippen molar-refractivity contribution >= 4 is 18.7 Å². The van der Waals surface area contributed by atoms with Crippen molar-refractivity contribution in [2.45, 2.75) is 44.4 Å². The Hall–Kier alpha value is -1.46. The first-order valence-electron chi connectivity index (χ1n) is 9.48. The van der Waals surface area contributed by atoms with Gasteiger partial charge in [-0.15, -0.1) is 0 Å². The molecule has 1 aliphatic heterocycles. The molecule has 2 atom stereocenters. The van der Waals surface area contributed by atoms with E-state index in [4.69, 9.17) is 4.43 Å². The van der Waals surface area contributed by atoms with Crippen LogP contribution in [0.15, 0.2) is 60.7 Å². The fourth-order valence-electron chi connectivity index (χ4n) is 4.27. The van der Waals surface area contributed by atoms with Gasteiger partial charge in [-0.1, -0.05) is 81.4 Å². The molecule has 3 rings (SSSR count). The Morgan fingerprint density at radius 1 is 1.00 bits per heavy atom. The third kappa shape index (κ3) is 3.51. The van der Waals surface area contributed by atoms with Crippen LogP contribution in [0.1, 0.15) is 27.2 Å². The van der Waals surface area contributed by atoms with E-state index in [0.717, 1.165) is 13.0 Å².